The summed E-state index contributed by atoms with van der Waals surface area (Å²) in [4.78, 5) is 3.66. The summed E-state index contributed by atoms with van der Waals surface area (Å²) in [6.45, 7) is 7.29. The third-order valence-electron chi connectivity index (χ3n) is 3.26. The molecule has 2 rings (SSSR count). The molecular formula is C12H17BClNO3. The van der Waals surface area contributed by atoms with Crippen LogP contribution in [0.1, 0.15) is 34.5 Å². The maximum absolute atomic E-state index is 8.11. The number of nitrogens with zero attached hydrogens (tertiary/aromatic N) is 1. The van der Waals surface area contributed by atoms with Gasteiger partial charge in [-0.25, -0.2) is 4.98 Å². The first-order chi connectivity index (χ1) is 10.3. The number of halogens is 1. The van der Waals surface area contributed by atoms with Gasteiger partial charge in [-0.15, -0.1) is 0 Å². The molecular weight excluding hydrogens is 252 g/mol. The Morgan fingerprint density at radius 1 is 1.33 bits per heavy atom. The van der Waals surface area contributed by atoms with Crippen LogP contribution < -0.4 is 10.2 Å². The molecule has 0 amide bonds. The van der Waals surface area contributed by atoms with E-state index in [9.17, 15) is 0 Å². The fraction of sp³-hybridized carbons (Fsp3) is 0.583. The van der Waals surface area contributed by atoms with E-state index in [2.05, 4.69) is 4.98 Å². The van der Waals surface area contributed by atoms with Crippen LogP contribution in [0.4, 0.5) is 0 Å². The quantitative estimate of drug-likeness (QED) is 0.611. The maximum atomic E-state index is 8.11. The van der Waals surface area contributed by atoms with Crippen molar-refractivity contribution in [3.63, 3.8) is 0 Å². The molecule has 0 aromatic carbocycles. The molecule has 6 heteroatoms. The van der Waals surface area contributed by atoms with Gasteiger partial charge in [-0.1, -0.05) is 11.6 Å². The van der Waals surface area contributed by atoms with Crippen molar-refractivity contribution in [1.82, 2.24) is 4.98 Å². The lowest BCUT2D eigenvalue weighted by Crippen LogP contribution is -2.41. The summed E-state index contributed by atoms with van der Waals surface area (Å²) in [5.74, 6) is -0.490. The van der Waals surface area contributed by atoms with E-state index in [1.165, 1.54) is 0 Å². The van der Waals surface area contributed by atoms with Gasteiger partial charge in [0.05, 0.1) is 25.1 Å². The van der Waals surface area contributed by atoms with Crippen molar-refractivity contribution in [2.75, 3.05) is 7.04 Å². The van der Waals surface area contributed by atoms with Crippen molar-refractivity contribution < 1.29 is 20.9 Å². The van der Waals surface area contributed by atoms with Crippen molar-refractivity contribution in [1.29, 1.82) is 0 Å². The van der Waals surface area contributed by atoms with Crippen LogP contribution in [0.15, 0.2) is 12.1 Å². The average molecular weight is 275 g/mol. The molecule has 0 N–H and O–H groups in total. The van der Waals surface area contributed by atoms with E-state index < -0.39 is 37.3 Å². The molecule has 98 valence electrons. The third kappa shape index (κ3) is 2.35. The minimum atomic E-state index is -2.79. The Kier molecular flexibility index (Phi) is 2.06. The average Bonchev–Trinajstić information content (AvgIpc) is 2.53. The highest BCUT2D eigenvalue weighted by atomic mass is 35.5. The summed E-state index contributed by atoms with van der Waals surface area (Å²) in [7, 11) is -3.83. The molecule has 1 saturated heterocycles. The Balaban J connectivity index is 2.51. The Morgan fingerprint density at radius 2 is 1.94 bits per heavy atom. The summed E-state index contributed by atoms with van der Waals surface area (Å²) in [5, 5.41) is -0.287. The number of methoxy groups -OCH3 is 1. The van der Waals surface area contributed by atoms with E-state index >= 15 is 0 Å². The molecule has 0 aliphatic carbocycles. The number of aromatic nitrogens is 1. The molecule has 0 unspecified atom stereocenters. The van der Waals surface area contributed by atoms with Gasteiger partial charge in [0, 0.05) is 6.04 Å². The van der Waals surface area contributed by atoms with E-state index in [-0.39, 0.29) is 16.7 Å². The van der Waals surface area contributed by atoms with Crippen LogP contribution in [0, 0.1) is 0 Å². The number of rotatable bonds is 2. The van der Waals surface area contributed by atoms with Gasteiger partial charge in [-0.05, 0) is 39.2 Å². The van der Waals surface area contributed by atoms with Crippen LogP contribution in [-0.2, 0) is 9.31 Å². The van der Waals surface area contributed by atoms with Crippen LogP contribution in [0.25, 0.3) is 0 Å². The van der Waals surface area contributed by atoms with E-state index in [1.807, 2.05) is 27.7 Å². The molecule has 1 aliphatic rings. The molecule has 0 spiro atoms. The van der Waals surface area contributed by atoms with Crippen LogP contribution >= 0.6 is 11.6 Å². The molecule has 0 atom stereocenters. The lowest BCUT2D eigenvalue weighted by molar-refractivity contribution is 0.00578. The van der Waals surface area contributed by atoms with Gasteiger partial charge in [0.15, 0.2) is 0 Å². The second kappa shape index (κ2) is 4.40. The normalized spacial score (nSPS) is 25.8. The lowest BCUT2D eigenvalue weighted by Gasteiger charge is -2.32. The summed E-state index contributed by atoms with van der Waals surface area (Å²) >= 11 is 5.88. The first kappa shape index (κ1) is 8.41. The monoisotopic (exact) mass is 274 g/mol. The van der Waals surface area contributed by atoms with Gasteiger partial charge in [-0.2, -0.15) is 0 Å². The summed E-state index contributed by atoms with van der Waals surface area (Å²) in [6, 6.07) is -0.651. The lowest BCUT2D eigenvalue weighted by atomic mass is 9.80. The molecule has 1 fully saturated rings. The topological polar surface area (TPSA) is 40.6 Å². The zero-order valence-electron chi connectivity index (χ0n) is 15.6. The molecule has 0 bridgehead atoms. The molecule has 1 aromatic heterocycles. The van der Waals surface area contributed by atoms with Crippen LogP contribution in [0.5, 0.6) is 5.88 Å². The first-order valence-corrected chi connectivity index (χ1v) is 5.84. The van der Waals surface area contributed by atoms with Crippen LogP contribution in [0.2, 0.25) is 5.15 Å². The third-order valence-corrected chi connectivity index (χ3v) is 3.44. The van der Waals surface area contributed by atoms with Crippen LogP contribution in [-0.4, -0.2) is 30.3 Å². The number of ether oxygens (including phenoxy) is 1. The van der Waals surface area contributed by atoms with Crippen molar-refractivity contribution in [3.8, 4) is 5.88 Å². The highest BCUT2D eigenvalue weighted by Gasteiger charge is 2.51. The molecule has 4 nitrogen and oxygen atoms in total. The fourth-order valence-corrected chi connectivity index (χ4v) is 1.71. The smallest absolute Gasteiger partial charge is 0.481 e. The van der Waals surface area contributed by atoms with Crippen molar-refractivity contribution in [2.24, 2.45) is 0 Å². The second-order valence-corrected chi connectivity index (χ2v) is 5.42. The van der Waals surface area contributed by atoms with Gasteiger partial charge in [-0.3, -0.25) is 0 Å². The summed E-state index contributed by atoms with van der Waals surface area (Å²) < 4.78 is 53.8. The zero-order valence-corrected chi connectivity index (χ0v) is 11.4. The van der Waals surface area contributed by atoms with Gasteiger partial charge in [0.25, 0.3) is 0 Å². The van der Waals surface area contributed by atoms with Gasteiger partial charge < -0.3 is 14.0 Å². The standard InChI is InChI=1S/C12H17BClNO3/c1-11(2)12(3,4)18-13(17-11)8-6-9(14)15-10(7-8)16-5/h6-7H,1-5H3/i5D3,6D,7D. The minimum Gasteiger partial charge on any atom is -0.481 e. The Bertz CT molecular complexity index is 622. The zero-order chi connectivity index (χ0) is 17.8. The summed E-state index contributed by atoms with van der Waals surface area (Å²) in [6.07, 6.45) is 0. The molecule has 0 radical (unpaired) electrons. The van der Waals surface area contributed by atoms with Crippen molar-refractivity contribution >= 4 is 24.2 Å². The van der Waals surface area contributed by atoms with Crippen molar-refractivity contribution in [3.05, 3.63) is 17.2 Å². The predicted octanol–water partition coefficient (Wildman–Crippen LogP) is 2.04. The Morgan fingerprint density at radius 3 is 2.50 bits per heavy atom. The van der Waals surface area contributed by atoms with Crippen molar-refractivity contribution in [2.45, 2.75) is 38.9 Å². The molecule has 0 saturated carbocycles. The Labute approximate surface area is 120 Å². The minimum absolute atomic E-state index is 0.0112. The van der Waals surface area contributed by atoms with E-state index in [0.717, 1.165) is 0 Å². The fourth-order valence-electron chi connectivity index (χ4n) is 1.53. The van der Waals surface area contributed by atoms with E-state index in [4.69, 9.17) is 32.5 Å². The predicted molar refractivity (Wildman–Crippen MR) is 71.5 cm³/mol. The maximum Gasteiger partial charge on any atom is 0.495 e. The number of hydrogen-bond acceptors (Lipinski definition) is 4. The van der Waals surface area contributed by atoms with Gasteiger partial charge in [0.2, 0.25) is 5.88 Å². The van der Waals surface area contributed by atoms with Gasteiger partial charge in [0.1, 0.15) is 5.15 Å². The first-order valence-electron chi connectivity index (χ1n) is 7.96. The molecule has 1 aliphatic heterocycles. The van der Waals surface area contributed by atoms with E-state index in [0.29, 0.717) is 0 Å². The molecule has 18 heavy (non-hydrogen) atoms. The Hall–Kier alpha value is -0.775. The van der Waals surface area contributed by atoms with Gasteiger partial charge >= 0.3 is 7.12 Å². The highest BCUT2D eigenvalue weighted by Crippen LogP contribution is 2.36. The highest BCUT2D eigenvalue weighted by molar-refractivity contribution is 6.62. The number of hydrogen-bond donors (Lipinski definition) is 0. The second-order valence-electron chi connectivity index (χ2n) is 5.06. The van der Waals surface area contributed by atoms with Crippen LogP contribution in [0.3, 0.4) is 0 Å². The largest absolute Gasteiger partial charge is 0.495 e. The summed E-state index contributed by atoms with van der Waals surface area (Å²) in [5.41, 5.74) is -1.38. The number of pyridine rings is 1. The molecule has 1 aromatic rings. The molecule has 2 heterocycles. The van der Waals surface area contributed by atoms with E-state index in [1.54, 1.807) is 0 Å². The SMILES string of the molecule is [2H]c1c(Cl)nc(OC([2H])([2H])[2H])c([2H])c1B1OC(C)(C)C(C)(C)O1.